The second kappa shape index (κ2) is 8.78. The highest BCUT2D eigenvalue weighted by molar-refractivity contribution is 5.82. The molecular weight excluding hydrogens is 404 g/mol. The number of nitrogens with one attached hydrogen (secondary N) is 5. The van der Waals surface area contributed by atoms with Gasteiger partial charge < -0.3 is 10.1 Å². The molecule has 0 radical (unpaired) electrons. The summed E-state index contributed by atoms with van der Waals surface area (Å²) in [5, 5.41) is 11.0. The highest BCUT2D eigenvalue weighted by Crippen LogP contribution is 2.47. The number of hydrazine groups is 1. The summed E-state index contributed by atoms with van der Waals surface area (Å²) in [7, 11) is 2.17. The summed E-state index contributed by atoms with van der Waals surface area (Å²) in [6.07, 6.45) is 12.7. The van der Waals surface area contributed by atoms with Crippen molar-refractivity contribution >= 4 is 5.91 Å². The van der Waals surface area contributed by atoms with E-state index in [-0.39, 0.29) is 17.4 Å². The Morgan fingerprint density at radius 1 is 1.06 bits per heavy atom. The molecule has 3 heterocycles. The first-order chi connectivity index (χ1) is 15.6. The topological polar surface area (TPSA) is 89.7 Å². The van der Waals surface area contributed by atoms with Crippen molar-refractivity contribution in [3.63, 3.8) is 0 Å². The molecule has 0 spiro atoms. The number of amides is 1. The molecule has 0 bridgehead atoms. The number of hydrogen-bond donors (Lipinski definition) is 5. The molecule has 6 aliphatic rings. The van der Waals surface area contributed by atoms with Gasteiger partial charge in [-0.05, 0) is 82.6 Å². The van der Waals surface area contributed by atoms with Crippen LogP contribution < -0.4 is 26.8 Å². The van der Waals surface area contributed by atoms with Gasteiger partial charge in [-0.2, -0.15) is 0 Å². The van der Waals surface area contributed by atoms with E-state index in [4.69, 9.17) is 4.74 Å². The molecule has 6 atom stereocenters. The van der Waals surface area contributed by atoms with Crippen LogP contribution in [0.1, 0.15) is 64.2 Å². The molecule has 32 heavy (non-hydrogen) atoms. The first kappa shape index (κ1) is 21.7. The number of nitrogens with zero attached hydrogens (tertiary/aromatic N) is 1. The number of ether oxygens (including phenoxy) is 1. The minimum absolute atomic E-state index is 0.0313. The van der Waals surface area contributed by atoms with Crippen molar-refractivity contribution in [3.05, 3.63) is 0 Å². The van der Waals surface area contributed by atoms with Crippen LogP contribution >= 0.6 is 0 Å². The van der Waals surface area contributed by atoms with Gasteiger partial charge in [-0.3, -0.25) is 20.3 Å². The Morgan fingerprint density at radius 2 is 1.88 bits per heavy atom. The van der Waals surface area contributed by atoms with Gasteiger partial charge in [0.15, 0.2) is 0 Å². The van der Waals surface area contributed by atoms with E-state index in [0.29, 0.717) is 30.3 Å². The number of hydrogen-bond acceptors (Lipinski definition) is 7. The van der Waals surface area contributed by atoms with E-state index in [2.05, 4.69) is 38.7 Å². The predicted molar refractivity (Wildman–Crippen MR) is 122 cm³/mol. The van der Waals surface area contributed by atoms with Crippen molar-refractivity contribution in [1.82, 2.24) is 31.7 Å². The van der Waals surface area contributed by atoms with Crippen LogP contribution in [-0.4, -0.2) is 68.2 Å². The molecule has 8 heteroatoms. The van der Waals surface area contributed by atoms with Crippen molar-refractivity contribution in [2.75, 3.05) is 26.9 Å². The number of carbonyl (C=O) groups is 1. The van der Waals surface area contributed by atoms with Gasteiger partial charge in [-0.25, -0.2) is 10.9 Å². The van der Waals surface area contributed by atoms with Gasteiger partial charge in [0.2, 0.25) is 5.91 Å². The quantitative estimate of drug-likeness (QED) is 0.396. The van der Waals surface area contributed by atoms with Crippen LogP contribution in [0, 0.1) is 23.2 Å². The fourth-order valence-corrected chi connectivity index (χ4v) is 6.76. The summed E-state index contributed by atoms with van der Waals surface area (Å²) in [6.45, 7) is 2.62. The maximum Gasteiger partial charge on any atom is 0.237 e. The lowest BCUT2D eigenvalue weighted by Crippen LogP contribution is -2.64. The first-order valence-electron chi connectivity index (χ1n) is 13.2. The van der Waals surface area contributed by atoms with Crippen LogP contribution in [0.15, 0.2) is 0 Å². The fourth-order valence-electron chi connectivity index (χ4n) is 6.76. The molecule has 0 aromatic heterocycles. The van der Waals surface area contributed by atoms with Gasteiger partial charge in [-0.1, -0.05) is 6.42 Å². The van der Waals surface area contributed by atoms with Crippen molar-refractivity contribution in [2.24, 2.45) is 23.2 Å². The van der Waals surface area contributed by atoms with Gasteiger partial charge in [0.05, 0.1) is 38.3 Å². The van der Waals surface area contributed by atoms with Crippen molar-refractivity contribution in [2.45, 2.75) is 94.7 Å². The van der Waals surface area contributed by atoms with Crippen molar-refractivity contribution in [1.29, 1.82) is 0 Å². The highest BCUT2D eigenvalue weighted by Gasteiger charge is 2.49. The zero-order valence-electron chi connectivity index (χ0n) is 19.6. The highest BCUT2D eigenvalue weighted by atomic mass is 16.5. The monoisotopic (exact) mass is 446 g/mol. The third kappa shape index (κ3) is 4.46. The maximum atomic E-state index is 13.4. The molecule has 3 saturated carbocycles. The van der Waals surface area contributed by atoms with Crippen molar-refractivity contribution in [3.8, 4) is 0 Å². The van der Waals surface area contributed by atoms with Gasteiger partial charge >= 0.3 is 0 Å². The summed E-state index contributed by atoms with van der Waals surface area (Å²) in [6, 6.07) is 0.800. The lowest BCUT2D eigenvalue weighted by molar-refractivity contribution is -0.166. The molecule has 1 amide bonds. The third-order valence-electron chi connectivity index (χ3n) is 9.26. The molecule has 180 valence electrons. The van der Waals surface area contributed by atoms with Crippen LogP contribution in [0.5, 0.6) is 0 Å². The zero-order valence-corrected chi connectivity index (χ0v) is 19.6. The van der Waals surface area contributed by atoms with E-state index < -0.39 is 0 Å². The Hall–Kier alpha value is -0.770. The third-order valence-corrected chi connectivity index (χ3v) is 9.26. The average molecular weight is 447 g/mol. The van der Waals surface area contributed by atoms with Crippen LogP contribution in [0.2, 0.25) is 0 Å². The van der Waals surface area contributed by atoms with E-state index in [1.165, 1.54) is 38.5 Å². The standard InChI is InChI=1S/C24H42N6O2/c1-30-14-25-29-21(30)11-24(12-32-13-24)17-3-2-4-18(9-17)26-23(31)20-10-19(15-5-6-15)27-22(28-20)16-7-8-16/h15-22,25,27-29H,2-14H2,1H3,(H,26,31). The van der Waals surface area contributed by atoms with Crippen LogP contribution in [-0.2, 0) is 9.53 Å². The van der Waals surface area contributed by atoms with Gasteiger partial charge in [0, 0.05) is 17.5 Å². The van der Waals surface area contributed by atoms with Crippen LogP contribution in [0.4, 0.5) is 0 Å². The molecule has 3 aliphatic carbocycles. The second-order valence-corrected chi connectivity index (χ2v) is 11.8. The molecule has 8 nitrogen and oxygen atoms in total. The second-order valence-electron chi connectivity index (χ2n) is 11.8. The summed E-state index contributed by atoms with van der Waals surface area (Å²) >= 11 is 0. The van der Waals surface area contributed by atoms with E-state index in [9.17, 15) is 4.79 Å². The normalized spacial score (nSPS) is 42.4. The molecule has 0 aromatic rings. The Balaban J connectivity index is 1.06. The molecule has 0 aromatic carbocycles. The van der Waals surface area contributed by atoms with E-state index >= 15 is 0 Å². The number of carbonyl (C=O) groups excluding carboxylic acids is 1. The van der Waals surface area contributed by atoms with E-state index in [0.717, 1.165) is 57.4 Å². The fraction of sp³-hybridized carbons (Fsp3) is 0.958. The predicted octanol–water partition coefficient (Wildman–Crippen LogP) is 0.858. The van der Waals surface area contributed by atoms with Gasteiger partial charge in [-0.15, -0.1) is 0 Å². The summed E-state index contributed by atoms with van der Waals surface area (Å²) in [5.41, 5.74) is 6.95. The summed E-state index contributed by atoms with van der Waals surface area (Å²) < 4.78 is 5.76. The Kier molecular flexibility index (Phi) is 5.97. The van der Waals surface area contributed by atoms with E-state index in [1.54, 1.807) is 0 Å². The molecule has 5 N–H and O–H groups in total. The summed E-state index contributed by atoms with van der Waals surface area (Å²) in [5.74, 6) is 2.39. The van der Waals surface area contributed by atoms with Gasteiger partial charge in [0.1, 0.15) is 0 Å². The largest absolute Gasteiger partial charge is 0.380 e. The van der Waals surface area contributed by atoms with Crippen LogP contribution in [0.3, 0.4) is 0 Å². The molecule has 6 unspecified atom stereocenters. The maximum absolute atomic E-state index is 13.4. The molecular formula is C24H42N6O2. The van der Waals surface area contributed by atoms with Crippen LogP contribution in [0.25, 0.3) is 0 Å². The Morgan fingerprint density at radius 3 is 2.53 bits per heavy atom. The lowest BCUT2D eigenvalue weighted by Gasteiger charge is -2.51. The minimum atomic E-state index is -0.0313. The summed E-state index contributed by atoms with van der Waals surface area (Å²) in [4.78, 5) is 15.7. The Labute approximate surface area is 192 Å². The molecule has 3 aliphatic heterocycles. The smallest absolute Gasteiger partial charge is 0.237 e. The molecule has 3 saturated heterocycles. The lowest BCUT2D eigenvalue weighted by atomic mass is 9.64. The minimum Gasteiger partial charge on any atom is -0.380 e. The first-order valence-corrected chi connectivity index (χ1v) is 13.2. The molecule has 6 rings (SSSR count). The average Bonchev–Trinajstić information content (AvgIpc) is 3.68. The van der Waals surface area contributed by atoms with E-state index in [1.807, 2.05) is 0 Å². The number of rotatable bonds is 7. The molecule has 6 fully saturated rings. The zero-order chi connectivity index (χ0) is 21.7. The van der Waals surface area contributed by atoms with Gasteiger partial charge in [0.25, 0.3) is 0 Å². The Bertz CT molecular complexity index is 674. The van der Waals surface area contributed by atoms with Crippen molar-refractivity contribution < 1.29 is 9.53 Å². The SMILES string of the molecule is CN1CNNC1CC1(C2CCCC(NC(=O)C3CC(C4CC4)NC(C4CC4)N3)C2)COC1.